The first kappa shape index (κ1) is 24.0. The van der Waals surface area contributed by atoms with Crippen molar-refractivity contribution in [2.24, 2.45) is 0 Å². The maximum Gasteiger partial charge on any atom is 0.492 e. The van der Waals surface area contributed by atoms with Crippen molar-refractivity contribution in [1.29, 1.82) is 0 Å². The molecule has 1 aliphatic rings. The monoisotopic (exact) mass is 416 g/mol. The van der Waals surface area contributed by atoms with Crippen LogP contribution in [0.15, 0.2) is 29.7 Å². The molecule has 1 aliphatic heterocycles. The van der Waals surface area contributed by atoms with Crippen LogP contribution in [-0.4, -0.2) is 42.5 Å². The molecule has 0 aromatic heterocycles. The van der Waals surface area contributed by atoms with E-state index in [2.05, 4.69) is 10.6 Å². The summed E-state index contributed by atoms with van der Waals surface area (Å²) in [5.74, 6) is -0.167. The highest BCUT2D eigenvalue weighted by Gasteiger charge is 2.52. The summed E-state index contributed by atoms with van der Waals surface area (Å²) < 4.78 is 17.7. The van der Waals surface area contributed by atoms with E-state index in [1.165, 1.54) is 6.92 Å². The van der Waals surface area contributed by atoms with E-state index in [0.29, 0.717) is 11.2 Å². The van der Waals surface area contributed by atoms with Gasteiger partial charge in [-0.15, -0.1) is 0 Å². The smallest absolute Gasteiger partial charge is 0.444 e. The van der Waals surface area contributed by atoms with Gasteiger partial charge in [-0.05, 0) is 65.6 Å². The number of amides is 2. The second-order valence-electron chi connectivity index (χ2n) is 9.43. The maximum absolute atomic E-state index is 12.2. The number of anilines is 1. The van der Waals surface area contributed by atoms with Crippen LogP contribution in [0.5, 0.6) is 0 Å². The van der Waals surface area contributed by atoms with Crippen molar-refractivity contribution < 1.29 is 23.6 Å². The zero-order valence-electron chi connectivity index (χ0n) is 19.2. The Bertz CT molecular complexity index is 811. The van der Waals surface area contributed by atoms with Gasteiger partial charge < -0.3 is 24.7 Å². The van der Waals surface area contributed by atoms with E-state index in [0.717, 1.165) is 5.56 Å². The van der Waals surface area contributed by atoms with Crippen molar-refractivity contribution >= 4 is 30.9 Å². The quantitative estimate of drug-likeness (QED) is 0.704. The molecule has 7 nitrogen and oxygen atoms in total. The Kier molecular flexibility index (Phi) is 7.04. The van der Waals surface area contributed by atoms with Crippen LogP contribution in [0.3, 0.4) is 0 Å². The molecular formula is C22H33BN2O5. The number of nitrogens with one attached hydrogen (secondary N) is 2. The Hall–Kier alpha value is -2.32. The van der Waals surface area contributed by atoms with Gasteiger partial charge in [0.05, 0.1) is 11.2 Å². The van der Waals surface area contributed by atoms with Crippen molar-refractivity contribution in [3.8, 4) is 0 Å². The predicted octanol–water partition coefficient (Wildman–Crippen LogP) is 4.18. The van der Waals surface area contributed by atoms with Crippen LogP contribution in [0.1, 0.15) is 61.0 Å². The number of carbonyl (C=O) groups excluding carboxylic acids is 2. The van der Waals surface area contributed by atoms with Crippen LogP contribution in [0.25, 0.3) is 6.08 Å². The molecule has 164 valence electrons. The average Bonchev–Trinajstić information content (AvgIpc) is 2.78. The molecule has 1 aromatic rings. The van der Waals surface area contributed by atoms with Crippen molar-refractivity contribution in [2.45, 2.75) is 72.2 Å². The fourth-order valence-corrected chi connectivity index (χ4v) is 2.81. The molecular weight excluding hydrogens is 383 g/mol. The Morgan fingerprint density at radius 3 is 2.20 bits per heavy atom. The molecule has 1 aromatic carbocycles. The summed E-state index contributed by atoms with van der Waals surface area (Å²) in [6, 6.07) is 7.41. The largest absolute Gasteiger partial charge is 0.492 e. The number of hydrogen-bond donors (Lipinski definition) is 2. The van der Waals surface area contributed by atoms with E-state index in [1.807, 2.05) is 58.0 Å². The Labute approximate surface area is 179 Å². The van der Waals surface area contributed by atoms with Crippen LogP contribution in [0.2, 0.25) is 0 Å². The lowest BCUT2D eigenvalue weighted by Gasteiger charge is -2.32. The van der Waals surface area contributed by atoms with Crippen molar-refractivity contribution in [3.05, 3.63) is 35.3 Å². The molecule has 2 N–H and O–H groups in total. The fraction of sp³-hybridized carbons (Fsp3) is 0.545. The topological polar surface area (TPSA) is 85.9 Å². The number of carbonyl (C=O) groups is 2. The molecule has 0 bridgehead atoms. The minimum atomic E-state index is -0.657. The number of alkyl carbamates (subject to hydrolysis) is 1. The standard InChI is InChI=1S/C22H33BN2O5/c1-15(26)25-18-12-10-9-11-16(18)13-17(14-24-19(27)28-20(2,3)4)23-29-21(5,6)22(7,8)30-23/h9-13H,14H2,1-8H3,(H,24,27)(H,25,26). The minimum Gasteiger partial charge on any atom is -0.444 e. The molecule has 0 aliphatic carbocycles. The van der Waals surface area contributed by atoms with Crippen LogP contribution in [-0.2, 0) is 18.8 Å². The third-order valence-corrected chi connectivity index (χ3v) is 5.00. The summed E-state index contributed by atoms with van der Waals surface area (Å²) in [4.78, 5) is 23.8. The summed E-state index contributed by atoms with van der Waals surface area (Å²) >= 11 is 0. The molecule has 0 radical (unpaired) electrons. The number of hydrogen-bond acceptors (Lipinski definition) is 5. The molecule has 2 amide bonds. The van der Waals surface area contributed by atoms with Gasteiger partial charge in [-0.25, -0.2) is 4.79 Å². The van der Waals surface area contributed by atoms with Gasteiger partial charge in [-0.2, -0.15) is 0 Å². The highest BCUT2D eigenvalue weighted by molar-refractivity contribution is 6.56. The Morgan fingerprint density at radius 2 is 1.67 bits per heavy atom. The highest BCUT2D eigenvalue weighted by atomic mass is 16.7. The molecule has 2 rings (SSSR count). The van der Waals surface area contributed by atoms with Gasteiger partial charge in [0.15, 0.2) is 0 Å². The molecule has 1 saturated heterocycles. The average molecular weight is 416 g/mol. The van der Waals surface area contributed by atoms with E-state index < -0.39 is 30.0 Å². The molecule has 1 heterocycles. The van der Waals surface area contributed by atoms with E-state index >= 15 is 0 Å². The molecule has 0 unspecified atom stereocenters. The van der Waals surface area contributed by atoms with Crippen LogP contribution >= 0.6 is 0 Å². The Balaban J connectivity index is 2.34. The van der Waals surface area contributed by atoms with Gasteiger partial charge in [0, 0.05) is 19.2 Å². The molecule has 0 saturated carbocycles. The van der Waals surface area contributed by atoms with Crippen LogP contribution in [0.4, 0.5) is 10.5 Å². The lowest BCUT2D eigenvalue weighted by molar-refractivity contribution is -0.114. The van der Waals surface area contributed by atoms with E-state index in [4.69, 9.17) is 14.0 Å². The molecule has 1 fully saturated rings. The van der Waals surface area contributed by atoms with Crippen LogP contribution in [0, 0.1) is 0 Å². The summed E-state index contributed by atoms with van der Waals surface area (Å²) in [5.41, 5.74) is 0.493. The minimum absolute atomic E-state index is 0.167. The normalized spacial score (nSPS) is 18.1. The first-order chi connectivity index (χ1) is 13.7. The third-order valence-electron chi connectivity index (χ3n) is 5.00. The van der Waals surface area contributed by atoms with Crippen molar-refractivity contribution in [3.63, 3.8) is 0 Å². The van der Waals surface area contributed by atoms with Gasteiger partial charge >= 0.3 is 13.2 Å². The van der Waals surface area contributed by atoms with Gasteiger partial charge in [0.1, 0.15) is 5.60 Å². The van der Waals surface area contributed by atoms with Crippen LogP contribution < -0.4 is 10.6 Å². The zero-order valence-corrected chi connectivity index (χ0v) is 19.2. The highest BCUT2D eigenvalue weighted by Crippen LogP contribution is 2.39. The van der Waals surface area contributed by atoms with Crippen molar-refractivity contribution in [2.75, 3.05) is 11.9 Å². The zero-order chi connectivity index (χ0) is 22.7. The van der Waals surface area contributed by atoms with E-state index in [-0.39, 0.29) is 12.5 Å². The summed E-state index contributed by atoms with van der Waals surface area (Å²) in [6.07, 6.45) is 1.34. The summed E-state index contributed by atoms with van der Waals surface area (Å²) in [6.45, 7) is 14.9. The molecule has 0 spiro atoms. The lowest BCUT2D eigenvalue weighted by Crippen LogP contribution is -2.41. The van der Waals surface area contributed by atoms with Gasteiger partial charge in [0.2, 0.25) is 5.91 Å². The summed E-state index contributed by atoms with van der Waals surface area (Å²) in [5, 5.41) is 5.60. The maximum atomic E-state index is 12.2. The van der Waals surface area contributed by atoms with E-state index in [9.17, 15) is 9.59 Å². The first-order valence-electron chi connectivity index (χ1n) is 10.1. The Morgan fingerprint density at radius 1 is 1.10 bits per heavy atom. The van der Waals surface area contributed by atoms with Crippen molar-refractivity contribution in [1.82, 2.24) is 5.32 Å². The molecule has 0 atom stereocenters. The molecule has 30 heavy (non-hydrogen) atoms. The first-order valence-corrected chi connectivity index (χ1v) is 10.1. The number of rotatable bonds is 5. The number of benzene rings is 1. The number of ether oxygens (including phenoxy) is 1. The summed E-state index contributed by atoms with van der Waals surface area (Å²) in [7, 11) is -0.657. The van der Waals surface area contributed by atoms with Gasteiger partial charge in [-0.3, -0.25) is 4.79 Å². The fourth-order valence-electron chi connectivity index (χ4n) is 2.81. The molecule has 8 heteroatoms. The van der Waals surface area contributed by atoms with Gasteiger partial charge in [0.25, 0.3) is 0 Å². The van der Waals surface area contributed by atoms with E-state index in [1.54, 1.807) is 20.8 Å². The third kappa shape index (κ3) is 6.34. The second-order valence-corrected chi connectivity index (χ2v) is 9.43. The number of para-hydroxylation sites is 1. The van der Waals surface area contributed by atoms with Gasteiger partial charge in [-0.1, -0.05) is 24.3 Å². The SMILES string of the molecule is CC(=O)Nc1ccccc1C=C(CNC(=O)OC(C)(C)C)B1OC(C)(C)C(C)(C)O1. The lowest BCUT2D eigenvalue weighted by atomic mass is 9.77. The predicted molar refractivity (Wildman–Crippen MR) is 119 cm³/mol. The second kappa shape index (κ2) is 8.82.